The number of likely N-dealkylation sites (N-methyl/N-ethyl adjacent to an activating group) is 1. The van der Waals surface area contributed by atoms with Gasteiger partial charge in [-0.25, -0.2) is 9.98 Å². The fourth-order valence-corrected chi connectivity index (χ4v) is 4.86. The lowest BCUT2D eigenvalue weighted by atomic mass is 10.1. The maximum Gasteiger partial charge on any atom is 0.158 e. The molecule has 1 saturated heterocycles. The zero-order chi connectivity index (χ0) is 20.5. The number of ether oxygens (including phenoxy) is 1. The Hall–Kier alpha value is -1.38. The number of thiazole rings is 1. The lowest BCUT2D eigenvalue weighted by Crippen LogP contribution is -2.54. The predicted molar refractivity (Wildman–Crippen MR) is 136 cm³/mol. The number of nitrogens with one attached hydrogen (secondary N) is 1. The first-order valence-electron chi connectivity index (χ1n) is 10.4. The Morgan fingerprint density at radius 1 is 1.19 bits per heavy atom. The molecule has 1 aromatic carbocycles. The van der Waals surface area contributed by atoms with Gasteiger partial charge >= 0.3 is 0 Å². The van der Waals surface area contributed by atoms with Crippen molar-refractivity contribution >= 4 is 58.4 Å². The van der Waals surface area contributed by atoms with Crippen molar-refractivity contribution in [3.8, 4) is 0 Å². The molecule has 9 heteroatoms. The lowest BCUT2D eigenvalue weighted by Gasteiger charge is -2.41. The summed E-state index contributed by atoms with van der Waals surface area (Å²) in [6.07, 6.45) is 1.25. The molecule has 1 N–H and O–H groups in total. The number of rotatable bonds is 4. The summed E-state index contributed by atoms with van der Waals surface area (Å²) in [5.74, 6) is 1.39. The number of hydrogen-bond acceptors (Lipinski definition) is 7. The van der Waals surface area contributed by atoms with E-state index < -0.39 is 0 Å². The second-order valence-electron chi connectivity index (χ2n) is 8.32. The Morgan fingerprint density at radius 2 is 1.94 bits per heavy atom. The van der Waals surface area contributed by atoms with Crippen LogP contribution in [0.1, 0.15) is 43.8 Å². The van der Waals surface area contributed by atoms with E-state index in [1.807, 2.05) is 6.07 Å². The van der Waals surface area contributed by atoms with Gasteiger partial charge in [-0.3, -0.25) is 4.90 Å². The van der Waals surface area contributed by atoms with Crippen molar-refractivity contribution < 1.29 is 4.74 Å². The minimum atomic E-state index is 0. The normalized spacial score (nSPS) is 19.2. The predicted octanol–water partition coefficient (Wildman–Crippen LogP) is 5.29. The molecule has 0 aliphatic carbocycles. The molecule has 2 aromatic rings. The van der Waals surface area contributed by atoms with Crippen molar-refractivity contribution in [3.05, 3.63) is 35.0 Å². The summed E-state index contributed by atoms with van der Waals surface area (Å²) in [6.45, 7) is 9.42. The van der Waals surface area contributed by atoms with Crippen molar-refractivity contribution in [2.75, 3.05) is 39.1 Å². The van der Waals surface area contributed by atoms with Crippen molar-refractivity contribution in [1.29, 1.82) is 0 Å². The molecule has 4 rings (SSSR count). The number of halogens is 2. The molecule has 1 aromatic heterocycles. The van der Waals surface area contributed by atoms with Crippen LogP contribution in [0.25, 0.3) is 0 Å². The molecule has 0 unspecified atom stereocenters. The summed E-state index contributed by atoms with van der Waals surface area (Å²) < 4.78 is 5.54. The van der Waals surface area contributed by atoms with E-state index in [9.17, 15) is 0 Å². The van der Waals surface area contributed by atoms with Crippen LogP contribution in [0.3, 0.4) is 0 Å². The molecule has 2 atom stereocenters. The number of benzene rings is 1. The largest absolute Gasteiger partial charge is 0.382 e. The van der Waals surface area contributed by atoms with Crippen molar-refractivity contribution in [1.82, 2.24) is 14.8 Å². The van der Waals surface area contributed by atoms with Crippen LogP contribution < -0.4 is 5.32 Å². The number of hydrogen-bond donors (Lipinski definition) is 1. The Labute approximate surface area is 201 Å². The molecule has 1 fully saturated rings. The summed E-state index contributed by atoms with van der Waals surface area (Å²) in [6, 6.07) is 8.69. The zero-order valence-corrected chi connectivity index (χ0v) is 21.2. The zero-order valence-electron chi connectivity index (χ0n) is 18.8. The van der Waals surface area contributed by atoms with Gasteiger partial charge in [-0.15, -0.1) is 36.2 Å². The molecule has 172 valence electrons. The number of aliphatic imine (C=N–C) groups is 1. The maximum atomic E-state index is 5.54. The quantitative estimate of drug-likeness (QED) is 0.637. The Balaban J connectivity index is 0.00000171. The van der Waals surface area contributed by atoms with Gasteiger partial charge in [0.25, 0.3) is 0 Å². The number of fused-ring (bicyclic) bond motifs is 2. The van der Waals surface area contributed by atoms with Gasteiger partial charge in [-0.2, -0.15) is 0 Å². The van der Waals surface area contributed by atoms with Gasteiger partial charge in [-0.05, 0) is 32.5 Å². The molecule has 2 aliphatic rings. The van der Waals surface area contributed by atoms with E-state index in [4.69, 9.17) is 14.7 Å². The maximum absolute atomic E-state index is 5.54. The fraction of sp³-hybridized carbons (Fsp3) is 0.545. The SMILES string of the molecule is CO[C@@H](C)C[C@H]1CN(C2=Nc3ccccc3Nc3sc(C(C)C)nc32)CCN1C.Cl.Cl. The molecule has 2 aliphatic heterocycles. The number of anilines is 2. The van der Waals surface area contributed by atoms with Gasteiger partial charge in [0.05, 0.1) is 22.5 Å². The number of para-hydroxylation sites is 2. The van der Waals surface area contributed by atoms with Crippen molar-refractivity contribution in [2.24, 2.45) is 4.99 Å². The molecule has 6 nitrogen and oxygen atoms in total. The van der Waals surface area contributed by atoms with Crippen LogP contribution in [0.15, 0.2) is 29.3 Å². The van der Waals surface area contributed by atoms with E-state index in [1.54, 1.807) is 18.4 Å². The first kappa shape index (κ1) is 25.9. The number of aromatic nitrogens is 1. The van der Waals surface area contributed by atoms with E-state index >= 15 is 0 Å². The average molecular weight is 487 g/mol. The number of nitrogens with zero attached hydrogens (tertiary/aromatic N) is 4. The minimum absolute atomic E-state index is 0. The van der Waals surface area contributed by atoms with Gasteiger partial charge in [0.2, 0.25) is 0 Å². The van der Waals surface area contributed by atoms with Crippen molar-refractivity contribution in [2.45, 2.75) is 45.3 Å². The average Bonchev–Trinajstić information content (AvgIpc) is 3.06. The van der Waals surface area contributed by atoms with Crippen LogP contribution in [0.2, 0.25) is 0 Å². The highest BCUT2D eigenvalue weighted by molar-refractivity contribution is 7.16. The van der Waals surface area contributed by atoms with Crippen LogP contribution in [-0.4, -0.2) is 66.6 Å². The second kappa shape index (κ2) is 11.0. The molecule has 31 heavy (non-hydrogen) atoms. The van der Waals surface area contributed by atoms with Gasteiger partial charge in [0.1, 0.15) is 10.7 Å². The van der Waals surface area contributed by atoms with Crippen LogP contribution >= 0.6 is 36.2 Å². The first-order chi connectivity index (χ1) is 14.0. The molecule has 0 amide bonds. The lowest BCUT2D eigenvalue weighted by molar-refractivity contribution is 0.0564. The number of methoxy groups -OCH3 is 1. The van der Waals surface area contributed by atoms with Crippen LogP contribution in [0.5, 0.6) is 0 Å². The Bertz CT molecular complexity index is 904. The molecular weight excluding hydrogens is 453 g/mol. The molecule has 0 radical (unpaired) electrons. The van der Waals surface area contributed by atoms with Crippen LogP contribution in [0.4, 0.5) is 16.4 Å². The summed E-state index contributed by atoms with van der Waals surface area (Å²) >= 11 is 1.74. The summed E-state index contributed by atoms with van der Waals surface area (Å²) in [4.78, 5) is 15.0. The number of amidine groups is 1. The Morgan fingerprint density at radius 3 is 2.65 bits per heavy atom. The molecule has 0 spiro atoms. The fourth-order valence-electron chi connectivity index (χ4n) is 3.88. The summed E-state index contributed by atoms with van der Waals surface area (Å²) in [5.41, 5.74) is 3.00. The molecule has 3 heterocycles. The minimum Gasteiger partial charge on any atom is -0.382 e. The smallest absolute Gasteiger partial charge is 0.158 e. The van der Waals surface area contributed by atoms with Crippen molar-refractivity contribution in [3.63, 3.8) is 0 Å². The van der Waals surface area contributed by atoms with E-state index in [0.29, 0.717) is 12.0 Å². The van der Waals surface area contributed by atoms with Gasteiger partial charge in [0.15, 0.2) is 5.84 Å². The Kier molecular flexibility index (Phi) is 9.15. The third kappa shape index (κ3) is 5.52. The monoisotopic (exact) mass is 485 g/mol. The summed E-state index contributed by atoms with van der Waals surface area (Å²) in [5, 5.41) is 5.84. The van der Waals surface area contributed by atoms with E-state index in [2.05, 4.69) is 61.1 Å². The van der Waals surface area contributed by atoms with E-state index in [-0.39, 0.29) is 30.9 Å². The highest BCUT2D eigenvalue weighted by atomic mass is 35.5. The summed E-state index contributed by atoms with van der Waals surface area (Å²) in [7, 11) is 4.00. The van der Waals surface area contributed by atoms with Gasteiger partial charge < -0.3 is 15.0 Å². The van der Waals surface area contributed by atoms with Gasteiger partial charge in [-0.1, -0.05) is 26.0 Å². The first-order valence-corrected chi connectivity index (χ1v) is 11.2. The highest BCUT2D eigenvalue weighted by Gasteiger charge is 2.32. The van der Waals surface area contributed by atoms with E-state index in [0.717, 1.165) is 59.0 Å². The topological polar surface area (TPSA) is 53.0 Å². The molecule has 0 saturated carbocycles. The van der Waals surface area contributed by atoms with Crippen LogP contribution in [-0.2, 0) is 4.74 Å². The third-order valence-electron chi connectivity index (χ3n) is 5.81. The standard InChI is InChI=1S/C22H31N5OS.2ClH/c1-14(2)21-25-19-20(23-17-8-6-7-9-18(17)24-22(19)29-21)27-11-10-26(4)16(13-27)12-15(3)28-5;;/h6-9,14-16,24H,10-13H2,1-5H3;2*1H/t15-,16-;;/m0../s1. The molecular formula is C22H33Cl2N5OS. The van der Waals surface area contributed by atoms with Gasteiger partial charge in [0, 0.05) is 38.7 Å². The van der Waals surface area contributed by atoms with Crippen LogP contribution in [0, 0.1) is 0 Å². The second-order valence-corrected chi connectivity index (χ2v) is 9.36. The number of piperazine rings is 1. The third-order valence-corrected chi connectivity index (χ3v) is 7.08. The highest BCUT2D eigenvalue weighted by Crippen LogP contribution is 2.39. The molecule has 0 bridgehead atoms. The van der Waals surface area contributed by atoms with E-state index in [1.165, 1.54) is 0 Å².